The molecule has 0 spiro atoms. The number of hydrogen-bond acceptors (Lipinski definition) is 2. The number of hydrogen-bond donors (Lipinski definition) is 1. The molecule has 1 N–H and O–H groups in total. The van der Waals surface area contributed by atoms with Gasteiger partial charge in [-0.3, -0.25) is 0 Å². The molecule has 1 nitrogen and oxygen atoms in total. The number of nitrogens with one attached hydrogen (secondary N) is 1. The average molecular weight is 217 g/mol. The summed E-state index contributed by atoms with van der Waals surface area (Å²) in [6.45, 7) is 12.5. The Labute approximate surface area is 94.4 Å². The van der Waals surface area contributed by atoms with E-state index >= 15 is 0 Å². The van der Waals surface area contributed by atoms with Gasteiger partial charge < -0.3 is 5.32 Å². The molecule has 0 aromatic carbocycles. The topological polar surface area (TPSA) is 12.0 Å². The van der Waals surface area contributed by atoms with Gasteiger partial charge in [-0.25, -0.2) is 0 Å². The molecular weight excluding hydrogens is 190 g/mol. The van der Waals surface area contributed by atoms with Gasteiger partial charge in [-0.05, 0) is 38.0 Å². The van der Waals surface area contributed by atoms with Gasteiger partial charge in [-0.15, -0.1) is 0 Å². The van der Waals surface area contributed by atoms with Gasteiger partial charge in [0.05, 0.1) is 0 Å². The molecular formula is C12H27NS. The zero-order valence-electron chi connectivity index (χ0n) is 10.5. The molecule has 2 heteroatoms. The lowest BCUT2D eigenvalue weighted by molar-refractivity contribution is 0.526. The smallest absolute Gasteiger partial charge is 0.00417 e. The molecule has 0 bridgehead atoms. The molecule has 14 heavy (non-hydrogen) atoms. The van der Waals surface area contributed by atoms with E-state index in [1.807, 2.05) is 0 Å². The molecule has 0 heterocycles. The lowest BCUT2D eigenvalue weighted by atomic mass is 10.2. The Bertz CT molecular complexity index is 125. The molecule has 0 saturated carbocycles. The van der Waals surface area contributed by atoms with Gasteiger partial charge in [0.15, 0.2) is 0 Å². The van der Waals surface area contributed by atoms with E-state index in [-0.39, 0.29) is 0 Å². The highest BCUT2D eigenvalue weighted by atomic mass is 32.2. The monoisotopic (exact) mass is 217 g/mol. The molecule has 0 aromatic rings. The third-order valence-electron chi connectivity index (χ3n) is 2.65. The summed E-state index contributed by atoms with van der Waals surface area (Å²) in [6, 6.07) is 0.690. The zero-order chi connectivity index (χ0) is 11.0. The van der Waals surface area contributed by atoms with Crippen LogP contribution in [0.3, 0.4) is 0 Å². The van der Waals surface area contributed by atoms with Crippen LogP contribution in [0.5, 0.6) is 0 Å². The first-order valence-electron chi connectivity index (χ1n) is 5.92. The van der Waals surface area contributed by atoms with Crippen LogP contribution >= 0.6 is 11.8 Å². The summed E-state index contributed by atoms with van der Waals surface area (Å²) >= 11 is 2.12. The predicted molar refractivity (Wildman–Crippen MR) is 69.1 cm³/mol. The SMILES string of the molecule is CCNC(C)CCCSC(C)C(C)C. The summed E-state index contributed by atoms with van der Waals surface area (Å²) in [5.41, 5.74) is 0. The van der Waals surface area contributed by atoms with Gasteiger partial charge in [0.2, 0.25) is 0 Å². The van der Waals surface area contributed by atoms with Crippen molar-refractivity contribution < 1.29 is 0 Å². The first-order chi connectivity index (χ1) is 6.57. The fourth-order valence-corrected chi connectivity index (χ4v) is 2.39. The maximum absolute atomic E-state index is 3.45. The first kappa shape index (κ1) is 14.3. The molecule has 2 atom stereocenters. The van der Waals surface area contributed by atoms with E-state index < -0.39 is 0 Å². The van der Waals surface area contributed by atoms with Crippen LogP contribution in [-0.4, -0.2) is 23.6 Å². The van der Waals surface area contributed by atoms with Gasteiger partial charge in [-0.2, -0.15) is 11.8 Å². The highest BCUT2D eigenvalue weighted by Gasteiger charge is 2.07. The van der Waals surface area contributed by atoms with Gasteiger partial charge in [0.1, 0.15) is 0 Å². The summed E-state index contributed by atoms with van der Waals surface area (Å²) in [5.74, 6) is 2.13. The van der Waals surface area contributed by atoms with Crippen molar-refractivity contribution in [1.82, 2.24) is 5.32 Å². The summed E-state index contributed by atoms with van der Waals surface area (Å²) in [7, 11) is 0. The molecule has 2 unspecified atom stereocenters. The Morgan fingerprint density at radius 2 is 1.79 bits per heavy atom. The minimum absolute atomic E-state index is 0.690. The maximum Gasteiger partial charge on any atom is 0.00417 e. The van der Waals surface area contributed by atoms with Crippen LogP contribution in [0.15, 0.2) is 0 Å². The van der Waals surface area contributed by atoms with Crippen LogP contribution in [0.2, 0.25) is 0 Å². The summed E-state index contributed by atoms with van der Waals surface area (Å²) in [6.07, 6.45) is 2.65. The van der Waals surface area contributed by atoms with Gasteiger partial charge in [-0.1, -0.05) is 27.7 Å². The fraction of sp³-hybridized carbons (Fsp3) is 1.00. The summed E-state index contributed by atoms with van der Waals surface area (Å²) in [4.78, 5) is 0. The Balaban J connectivity index is 3.28. The molecule has 0 aliphatic rings. The van der Waals surface area contributed by atoms with Gasteiger partial charge in [0.25, 0.3) is 0 Å². The third-order valence-corrected chi connectivity index (χ3v) is 4.25. The number of rotatable bonds is 8. The average Bonchev–Trinajstić information content (AvgIpc) is 2.12. The van der Waals surface area contributed by atoms with Crippen molar-refractivity contribution >= 4 is 11.8 Å². The van der Waals surface area contributed by atoms with Crippen LogP contribution in [0.25, 0.3) is 0 Å². The van der Waals surface area contributed by atoms with Gasteiger partial charge in [0, 0.05) is 11.3 Å². The van der Waals surface area contributed by atoms with Crippen molar-refractivity contribution in [3.05, 3.63) is 0 Å². The minimum Gasteiger partial charge on any atom is -0.315 e. The quantitative estimate of drug-likeness (QED) is 0.624. The van der Waals surface area contributed by atoms with Crippen LogP contribution in [0.1, 0.15) is 47.5 Å². The highest BCUT2D eigenvalue weighted by Crippen LogP contribution is 2.19. The van der Waals surface area contributed by atoms with Crippen LogP contribution < -0.4 is 5.32 Å². The summed E-state index contributed by atoms with van der Waals surface area (Å²) in [5, 5.41) is 4.26. The molecule has 0 radical (unpaired) electrons. The second-order valence-electron chi connectivity index (χ2n) is 4.42. The zero-order valence-corrected chi connectivity index (χ0v) is 11.3. The lowest BCUT2D eigenvalue weighted by Gasteiger charge is -2.16. The standard InChI is InChI=1S/C12H27NS/c1-6-13-11(4)8-7-9-14-12(5)10(2)3/h10-13H,6-9H2,1-5H3. The Morgan fingerprint density at radius 1 is 1.14 bits per heavy atom. The normalized spacial score (nSPS) is 15.9. The van der Waals surface area contributed by atoms with E-state index in [4.69, 9.17) is 0 Å². The largest absolute Gasteiger partial charge is 0.315 e. The molecule has 86 valence electrons. The fourth-order valence-electron chi connectivity index (χ4n) is 1.30. The van der Waals surface area contributed by atoms with E-state index in [9.17, 15) is 0 Å². The molecule has 0 aromatic heterocycles. The second kappa shape index (κ2) is 8.60. The highest BCUT2D eigenvalue weighted by molar-refractivity contribution is 7.99. The molecule has 0 rings (SSSR count). The van der Waals surface area contributed by atoms with Crippen molar-refractivity contribution in [1.29, 1.82) is 0 Å². The molecule has 0 aliphatic carbocycles. The summed E-state index contributed by atoms with van der Waals surface area (Å²) < 4.78 is 0. The van der Waals surface area contributed by atoms with E-state index in [0.717, 1.165) is 17.7 Å². The Kier molecular flexibility index (Phi) is 8.80. The lowest BCUT2D eigenvalue weighted by Crippen LogP contribution is -2.25. The van der Waals surface area contributed by atoms with Crippen LogP contribution in [0, 0.1) is 5.92 Å². The molecule has 0 saturated heterocycles. The van der Waals surface area contributed by atoms with Crippen molar-refractivity contribution in [2.75, 3.05) is 12.3 Å². The van der Waals surface area contributed by atoms with E-state index in [1.165, 1.54) is 18.6 Å². The first-order valence-corrected chi connectivity index (χ1v) is 6.97. The minimum atomic E-state index is 0.690. The number of thioether (sulfide) groups is 1. The van der Waals surface area contributed by atoms with Crippen molar-refractivity contribution in [3.8, 4) is 0 Å². The van der Waals surface area contributed by atoms with Crippen molar-refractivity contribution in [3.63, 3.8) is 0 Å². The van der Waals surface area contributed by atoms with Gasteiger partial charge >= 0.3 is 0 Å². The van der Waals surface area contributed by atoms with Crippen LogP contribution in [-0.2, 0) is 0 Å². The molecule has 0 amide bonds. The Morgan fingerprint density at radius 3 is 2.29 bits per heavy atom. The Hall–Kier alpha value is 0.310. The van der Waals surface area contributed by atoms with Crippen LogP contribution in [0.4, 0.5) is 0 Å². The second-order valence-corrected chi connectivity index (χ2v) is 5.91. The third kappa shape index (κ3) is 7.69. The molecule has 0 fully saturated rings. The van der Waals surface area contributed by atoms with Crippen molar-refractivity contribution in [2.24, 2.45) is 5.92 Å². The predicted octanol–water partition coefficient (Wildman–Crippen LogP) is 3.54. The molecule has 0 aliphatic heterocycles. The maximum atomic E-state index is 3.45. The van der Waals surface area contributed by atoms with E-state index in [1.54, 1.807) is 0 Å². The van der Waals surface area contributed by atoms with Crippen molar-refractivity contribution in [2.45, 2.75) is 58.8 Å². The van der Waals surface area contributed by atoms with E-state index in [0.29, 0.717) is 6.04 Å². The van der Waals surface area contributed by atoms with E-state index in [2.05, 4.69) is 51.7 Å².